The first kappa shape index (κ1) is 14.1. The van der Waals surface area contributed by atoms with E-state index in [0.717, 1.165) is 12.8 Å². The molecule has 1 amide bonds. The van der Waals surface area contributed by atoms with Crippen molar-refractivity contribution in [1.29, 1.82) is 0 Å². The summed E-state index contributed by atoms with van der Waals surface area (Å²) in [7, 11) is 0. The van der Waals surface area contributed by atoms with E-state index in [9.17, 15) is 4.79 Å². The van der Waals surface area contributed by atoms with Crippen molar-refractivity contribution in [2.24, 2.45) is 5.41 Å². The summed E-state index contributed by atoms with van der Waals surface area (Å²) in [6.07, 6.45) is 4.84. The van der Waals surface area contributed by atoms with E-state index in [1.54, 1.807) is 11.3 Å². The molecule has 0 radical (unpaired) electrons. The van der Waals surface area contributed by atoms with Crippen LogP contribution in [0.4, 0.5) is 0 Å². The minimum absolute atomic E-state index is 0.0649. The van der Waals surface area contributed by atoms with Crippen molar-refractivity contribution in [3.63, 3.8) is 0 Å². The van der Waals surface area contributed by atoms with E-state index >= 15 is 0 Å². The third-order valence-electron chi connectivity index (χ3n) is 4.74. The lowest BCUT2D eigenvalue weighted by Gasteiger charge is -2.41. The van der Waals surface area contributed by atoms with Gasteiger partial charge in [0.2, 0.25) is 5.91 Å². The molecule has 0 bridgehead atoms. The molecule has 1 aromatic heterocycles. The highest BCUT2D eigenvalue weighted by molar-refractivity contribution is 7.07. The maximum Gasteiger partial charge on any atom is 0.241 e. The van der Waals surface area contributed by atoms with E-state index in [1.807, 2.05) is 6.92 Å². The van der Waals surface area contributed by atoms with Crippen molar-refractivity contribution in [2.75, 3.05) is 0 Å². The fourth-order valence-electron chi connectivity index (χ4n) is 3.71. The first-order valence-electron chi connectivity index (χ1n) is 7.58. The molecule has 1 saturated heterocycles. The summed E-state index contributed by atoms with van der Waals surface area (Å²) in [5.41, 5.74) is 1.59. The molecule has 1 aliphatic heterocycles. The van der Waals surface area contributed by atoms with Gasteiger partial charge in [0.05, 0.1) is 6.04 Å². The lowest BCUT2D eigenvalue weighted by Crippen LogP contribution is -2.44. The predicted octanol–water partition coefficient (Wildman–Crippen LogP) is 3.54. The fraction of sp³-hybridized carbons (Fsp3) is 0.688. The molecular weight excluding hydrogens is 268 g/mol. The molecule has 1 saturated carbocycles. The topological polar surface area (TPSA) is 32.3 Å². The van der Waals surface area contributed by atoms with Gasteiger partial charge in [-0.15, -0.1) is 0 Å². The molecule has 0 aromatic carbocycles. The molecule has 1 aliphatic carbocycles. The Morgan fingerprint density at radius 2 is 2.25 bits per heavy atom. The number of nitrogens with zero attached hydrogens (tertiary/aromatic N) is 1. The Balaban J connectivity index is 1.86. The van der Waals surface area contributed by atoms with Crippen molar-refractivity contribution in [2.45, 2.75) is 64.7 Å². The van der Waals surface area contributed by atoms with Gasteiger partial charge in [-0.25, -0.2) is 0 Å². The average molecular weight is 292 g/mol. The zero-order valence-electron chi connectivity index (χ0n) is 12.6. The van der Waals surface area contributed by atoms with Crippen LogP contribution >= 0.6 is 11.3 Å². The minimum Gasteiger partial charge on any atom is -0.319 e. The molecule has 20 heavy (non-hydrogen) atoms. The highest BCUT2D eigenvalue weighted by Crippen LogP contribution is 2.41. The van der Waals surface area contributed by atoms with Crippen LogP contribution < -0.4 is 5.32 Å². The number of nitrogens with one attached hydrogen (secondary N) is 1. The third kappa shape index (κ3) is 2.51. The van der Waals surface area contributed by atoms with Gasteiger partial charge in [-0.1, -0.05) is 20.3 Å². The van der Waals surface area contributed by atoms with Gasteiger partial charge in [0.25, 0.3) is 0 Å². The maximum absolute atomic E-state index is 12.6. The van der Waals surface area contributed by atoms with E-state index in [2.05, 4.69) is 40.9 Å². The first-order valence-corrected chi connectivity index (χ1v) is 8.52. The zero-order chi connectivity index (χ0) is 14.3. The zero-order valence-corrected chi connectivity index (χ0v) is 13.4. The second-order valence-electron chi connectivity index (χ2n) is 7.01. The van der Waals surface area contributed by atoms with Crippen molar-refractivity contribution < 1.29 is 4.79 Å². The molecule has 0 spiro atoms. The van der Waals surface area contributed by atoms with Crippen LogP contribution in [0.1, 0.15) is 58.2 Å². The largest absolute Gasteiger partial charge is 0.319 e. The summed E-state index contributed by atoms with van der Waals surface area (Å²) in [5, 5.41) is 7.71. The van der Waals surface area contributed by atoms with Crippen molar-refractivity contribution in [3.8, 4) is 0 Å². The summed E-state index contributed by atoms with van der Waals surface area (Å²) >= 11 is 1.70. The van der Waals surface area contributed by atoms with Crippen LogP contribution in [0.5, 0.6) is 0 Å². The van der Waals surface area contributed by atoms with Crippen LogP contribution in [-0.2, 0) is 4.79 Å². The van der Waals surface area contributed by atoms with Crippen molar-refractivity contribution in [1.82, 2.24) is 10.2 Å². The monoisotopic (exact) mass is 292 g/mol. The van der Waals surface area contributed by atoms with Crippen LogP contribution in [0.25, 0.3) is 0 Å². The number of carbonyl (C=O) groups excluding carboxylic acids is 1. The van der Waals surface area contributed by atoms with Gasteiger partial charge in [0.1, 0.15) is 6.17 Å². The van der Waals surface area contributed by atoms with E-state index < -0.39 is 0 Å². The Bertz CT molecular complexity index is 483. The quantitative estimate of drug-likeness (QED) is 0.904. The van der Waals surface area contributed by atoms with Gasteiger partial charge in [-0.2, -0.15) is 11.3 Å². The highest BCUT2D eigenvalue weighted by Gasteiger charge is 2.43. The van der Waals surface area contributed by atoms with E-state index in [4.69, 9.17) is 0 Å². The molecule has 3 nitrogen and oxygen atoms in total. The molecule has 2 heterocycles. The standard InChI is InChI=1S/C16H24N2OS/c1-11-15(19)18(13-5-4-7-16(2,3)9-13)14(17-11)12-6-8-20-10-12/h6,8,10-11,13-14,17H,4-5,7,9H2,1-3H3. The molecule has 3 unspecified atom stereocenters. The number of rotatable bonds is 2. The minimum atomic E-state index is -0.0649. The number of hydrogen-bond donors (Lipinski definition) is 1. The number of thiophene rings is 1. The third-order valence-corrected chi connectivity index (χ3v) is 5.44. The van der Waals surface area contributed by atoms with Crippen LogP contribution in [0.3, 0.4) is 0 Å². The molecule has 2 fully saturated rings. The molecule has 3 atom stereocenters. The summed E-state index contributed by atoms with van der Waals surface area (Å²) in [6.45, 7) is 6.64. The van der Waals surface area contributed by atoms with E-state index in [0.29, 0.717) is 11.5 Å². The number of amides is 1. The summed E-state index contributed by atoms with van der Waals surface area (Å²) in [4.78, 5) is 14.7. The molecule has 2 aliphatic rings. The fourth-order valence-corrected chi connectivity index (χ4v) is 4.39. The normalized spacial score (nSPS) is 33.6. The first-order chi connectivity index (χ1) is 9.48. The van der Waals surface area contributed by atoms with Crippen LogP contribution in [0, 0.1) is 5.41 Å². The molecule has 3 rings (SSSR count). The SMILES string of the molecule is CC1NC(c2ccsc2)N(C2CCCC(C)(C)C2)C1=O. The second-order valence-corrected chi connectivity index (χ2v) is 7.79. The predicted molar refractivity (Wildman–Crippen MR) is 82.5 cm³/mol. The molecule has 1 N–H and O–H groups in total. The van der Waals surface area contributed by atoms with Gasteiger partial charge in [-0.3, -0.25) is 10.1 Å². The summed E-state index contributed by atoms with van der Waals surface area (Å²) < 4.78 is 0. The van der Waals surface area contributed by atoms with E-state index in [1.165, 1.54) is 18.4 Å². The Hall–Kier alpha value is -0.870. The number of hydrogen-bond acceptors (Lipinski definition) is 3. The summed E-state index contributed by atoms with van der Waals surface area (Å²) in [5.74, 6) is 0.268. The summed E-state index contributed by atoms with van der Waals surface area (Å²) in [6, 6.07) is 2.45. The van der Waals surface area contributed by atoms with Gasteiger partial charge in [0.15, 0.2) is 0 Å². The Morgan fingerprint density at radius 1 is 1.45 bits per heavy atom. The van der Waals surface area contributed by atoms with Gasteiger partial charge in [-0.05, 0) is 54.0 Å². The second kappa shape index (κ2) is 5.15. The van der Waals surface area contributed by atoms with E-state index in [-0.39, 0.29) is 18.1 Å². The van der Waals surface area contributed by atoms with Gasteiger partial charge < -0.3 is 4.90 Å². The van der Waals surface area contributed by atoms with Crippen LogP contribution in [0.15, 0.2) is 16.8 Å². The lowest BCUT2D eigenvalue weighted by molar-refractivity contribution is -0.133. The average Bonchev–Trinajstić information content (AvgIpc) is 2.98. The van der Waals surface area contributed by atoms with Crippen molar-refractivity contribution in [3.05, 3.63) is 22.4 Å². The Morgan fingerprint density at radius 3 is 2.90 bits per heavy atom. The highest BCUT2D eigenvalue weighted by atomic mass is 32.1. The van der Waals surface area contributed by atoms with Crippen molar-refractivity contribution >= 4 is 17.2 Å². The smallest absolute Gasteiger partial charge is 0.241 e. The van der Waals surface area contributed by atoms with Gasteiger partial charge in [0, 0.05) is 6.04 Å². The Labute approximate surface area is 125 Å². The van der Waals surface area contributed by atoms with Crippen LogP contribution in [-0.4, -0.2) is 22.9 Å². The molecule has 4 heteroatoms. The molecular formula is C16H24N2OS. The van der Waals surface area contributed by atoms with Crippen LogP contribution in [0.2, 0.25) is 0 Å². The Kier molecular flexibility index (Phi) is 3.63. The molecule has 1 aromatic rings. The lowest BCUT2D eigenvalue weighted by atomic mass is 9.74. The molecule has 110 valence electrons. The number of carbonyl (C=O) groups is 1. The maximum atomic E-state index is 12.6. The van der Waals surface area contributed by atoms with Gasteiger partial charge >= 0.3 is 0 Å².